The zero-order valence-electron chi connectivity index (χ0n) is 9.58. The molecule has 0 spiro atoms. The molecule has 0 saturated carbocycles. The van der Waals surface area contributed by atoms with Gasteiger partial charge >= 0.3 is 0 Å². The summed E-state index contributed by atoms with van der Waals surface area (Å²) < 4.78 is 12.7. The summed E-state index contributed by atoms with van der Waals surface area (Å²) in [5, 5.41) is 0.720. The van der Waals surface area contributed by atoms with Crippen LogP contribution in [0.15, 0.2) is 60.7 Å². The van der Waals surface area contributed by atoms with Crippen molar-refractivity contribution in [3.8, 4) is 0 Å². The number of hydrogen-bond donors (Lipinski definition) is 0. The van der Waals surface area contributed by atoms with Crippen LogP contribution in [0.3, 0.4) is 0 Å². The quantitative estimate of drug-likeness (QED) is 0.741. The molecule has 0 N–H and O–H groups in total. The van der Waals surface area contributed by atoms with E-state index in [1.807, 2.05) is 67.6 Å². The summed E-state index contributed by atoms with van der Waals surface area (Å²) in [5.74, 6) is 0. The van der Waals surface area contributed by atoms with Gasteiger partial charge in [-0.1, -0.05) is 67.6 Å². The molecule has 2 aromatic carbocycles. The van der Waals surface area contributed by atoms with E-state index in [0.29, 0.717) is 0 Å². The monoisotopic (exact) mass is 264 g/mol. The maximum Gasteiger partial charge on any atom is 0.204 e. The van der Waals surface area contributed by atoms with Crippen molar-refractivity contribution in [2.75, 3.05) is 0 Å². The zero-order chi connectivity index (χ0) is 12.3. The Labute approximate surface area is 107 Å². The van der Waals surface area contributed by atoms with E-state index in [-0.39, 0.29) is 5.66 Å². The minimum Gasteiger partial charge on any atom is -0.301 e. The SMILES string of the molecule is CC(c1ccccc1)P(=O)(Cl)c1ccccc1. The maximum absolute atomic E-state index is 12.7. The molecule has 0 aliphatic carbocycles. The van der Waals surface area contributed by atoms with E-state index in [1.54, 1.807) is 0 Å². The molecular formula is C14H14ClOP. The smallest absolute Gasteiger partial charge is 0.204 e. The van der Waals surface area contributed by atoms with Gasteiger partial charge in [0.2, 0.25) is 6.49 Å². The third kappa shape index (κ3) is 2.62. The van der Waals surface area contributed by atoms with Crippen molar-refractivity contribution in [1.29, 1.82) is 0 Å². The van der Waals surface area contributed by atoms with Crippen LogP contribution in [-0.2, 0) is 4.57 Å². The lowest BCUT2D eigenvalue weighted by molar-refractivity contribution is 0.584. The van der Waals surface area contributed by atoms with Crippen LogP contribution >= 0.6 is 17.7 Å². The summed E-state index contributed by atoms with van der Waals surface area (Å²) in [4.78, 5) is 0. The minimum absolute atomic E-state index is 0.173. The van der Waals surface area contributed by atoms with Gasteiger partial charge in [0.25, 0.3) is 0 Å². The predicted octanol–water partition coefficient (Wildman–Crippen LogP) is 4.59. The molecule has 0 aromatic heterocycles. The molecule has 0 aliphatic heterocycles. The summed E-state index contributed by atoms with van der Waals surface area (Å²) in [7, 11) is 0. The van der Waals surface area contributed by atoms with Crippen molar-refractivity contribution in [1.82, 2.24) is 0 Å². The van der Waals surface area contributed by atoms with Gasteiger partial charge in [-0.3, -0.25) is 0 Å². The lowest BCUT2D eigenvalue weighted by Gasteiger charge is -2.19. The standard InChI is InChI=1S/C14H14ClOP/c1-12(13-8-4-2-5-9-13)17(15,16)14-10-6-3-7-11-14/h2-12H,1H3. The second kappa shape index (κ2) is 5.08. The van der Waals surface area contributed by atoms with E-state index in [0.717, 1.165) is 10.9 Å². The fourth-order valence-electron chi connectivity index (χ4n) is 1.78. The van der Waals surface area contributed by atoms with E-state index in [9.17, 15) is 4.57 Å². The Morgan fingerprint density at radius 1 is 0.941 bits per heavy atom. The molecule has 0 radical (unpaired) electrons. The van der Waals surface area contributed by atoms with Gasteiger partial charge in [0.15, 0.2) is 0 Å². The molecule has 0 aliphatic rings. The van der Waals surface area contributed by atoms with Crippen molar-refractivity contribution < 1.29 is 4.57 Å². The Balaban J connectivity index is 2.37. The Morgan fingerprint density at radius 3 is 1.94 bits per heavy atom. The molecule has 2 unspecified atom stereocenters. The molecule has 0 fully saturated rings. The summed E-state index contributed by atoms with van der Waals surface area (Å²) in [6, 6.07) is 19.0. The lowest BCUT2D eigenvalue weighted by Crippen LogP contribution is -2.05. The molecule has 2 aromatic rings. The van der Waals surface area contributed by atoms with Crippen LogP contribution in [0.2, 0.25) is 0 Å². The number of halogens is 1. The molecule has 0 amide bonds. The summed E-state index contributed by atoms with van der Waals surface area (Å²) in [6.45, 7) is -0.973. The van der Waals surface area contributed by atoms with E-state index in [4.69, 9.17) is 11.2 Å². The molecule has 17 heavy (non-hydrogen) atoms. The zero-order valence-corrected chi connectivity index (χ0v) is 11.2. The van der Waals surface area contributed by atoms with Gasteiger partial charge in [0.05, 0.1) is 5.66 Å². The summed E-state index contributed by atoms with van der Waals surface area (Å²) >= 11 is 6.30. The Hall–Kier alpha value is -1.04. The lowest BCUT2D eigenvalue weighted by atomic mass is 10.2. The highest BCUT2D eigenvalue weighted by Gasteiger charge is 2.30. The van der Waals surface area contributed by atoms with Crippen molar-refractivity contribution in [3.63, 3.8) is 0 Å². The molecule has 0 bridgehead atoms. The predicted molar refractivity (Wildman–Crippen MR) is 74.4 cm³/mol. The number of benzene rings is 2. The highest BCUT2D eigenvalue weighted by atomic mass is 35.7. The molecule has 88 valence electrons. The first-order valence-corrected chi connectivity index (χ1v) is 8.20. The van der Waals surface area contributed by atoms with Gasteiger partial charge in [-0.15, -0.1) is 0 Å². The van der Waals surface area contributed by atoms with E-state index < -0.39 is 6.49 Å². The summed E-state index contributed by atoms with van der Waals surface area (Å²) in [6.07, 6.45) is 0. The van der Waals surface area contributed by atoms with Crippen LogP contribution < -0.4 is 5.30 Å². The molecule has 0 saturated heterocycles. The second-order valence-electron chi connectivity index (χ2n) is 4.00. The molecule has 3 heteroatoms. The highest BCUT2D eigenvalue weighted by molar-refractivity contribution is 7.95. The van der Waals surface area contributed by atoms with Crippen molar-refractivity contribution in [2.24, 2.45) is 0 Å². The van der Waals surface area contributed by atoms with Crippen LogP contribution in [0, 0.1) is 0 Å². The molecule has 1 nitrogen and oxygen atoms in total. The maximum atomic E-state index is 12.7. The topological polar surface area (TPSA) is 17.1 Å². The second-order valence-corrected chi connectivity index (χ2v) is 7.95. The highest BCUT2D eigenvalue weighted by Crippen LogP contribution is 2.62. The van der Waals surface area contributed by atoms with Crippen LogP contribution in [-0.4, -0.2) is 0 Å². The largest absolute Gasteiger partial charge is 0.301 e. The number of rotatable bonds is 3. The van der Waals surface area contributed by atoms with Gasteiger partial charge < -0.3 is 4.57 Å². The van der Waals surface area contributed by atoms with E-state index >= 15 is 0 Å². The van der Waals surface area contributed by atoms with E-state index in [2.05, 4.69) is 0 Å². The van der Waals surface area contributed by atoms with Crippen molar-refractivity contribution >= 4 is 23.0 Å². The summed E-state index contributed by atoms with van der Waals surface area (Å²) in [5.41, 5.74) is 0.836. The van der Waals surface area contributed by atoms with Crippen LogP contribution in [0.25, 0.3) is 0 Å². The van der Waals surface area contributed by atoms with Crippen molar-refractivity contribution in [2.45, 2.75) is 12.6 Å². The fourth-order valence-corrected chi connectivity index (χ4v) is 4.04. The average molecular weight is 265 g/mol. The Bertz CT molecular complexity index is 524. The average Bonchev–Trinajstić information content (AvgIpc) is 2.40. The van der Waals surface area contributed by atoms with Gasteiger partial charge in [-0.2, -0.15) is 0 Å². The van der Waals surface area contributed by atoms with Crippen LogP contribution in [0.1, 0.15) is 18.1 Å². The van der Waals surface area contributed by atoms with Crippen molar-refractivity contribution in [3.05, 3.63) is 66.2 Å². The Morgan fingerprint density at radius 2 is 1.41 bits per heavy atom. The normalized spacial score (nSPS) is 16.1. The third-order valence-electron chi connectivity index (χ3n) is 2.89. The molecule has 0 heterocycles. The van der Waals surface area contributed by atoms with Gasteiger partial charge in [0.1, 0.15) is 0 Å². The van der Waals surface area contributed by atoms with Gasteiger partial charge in [-0.25, -0.2) is 0 Å². The van der Waals surface area contributed by atoms with Crippen LogP contribution in [0.5, 0.6) is 0 Å². The molecule has 2 rings (SSSR count). The first kappa shape index (κ1) is 12.4. The molecule has 2 atom stereocenters. The minimum atomic E-state index is -2.89. The fraction of sp³-hybridized carbons (Fsp3) is 0.143. The Kier molecular flexibility index (Phi) is 3.71. The van der Waals surface area contributed by atoms with Gasteiger partial charge in [-0.05, 0) is 16.8 Å². The first-order chi connectivity index (χ1) is 8.12. The van der Waals surface area contributed by atoms with Gasteiger partial charge in [0, 0.05) is 5.30 Å². The number of hydrogen-bond acceptors (Lipinski definition) is 1. The van der Waals surface area contributed by atoms with E-state index in [1.165, 1.54) is 0 Å². The molecular weight excluding hydrogens is 251 g/mol. The van der Waals surface area contributed by atoms with Crippen LogP contribution in [0.4, 0.5) is 0 Å². The third-order valence-corrected chi connectivity index (χ3v) is 6.65. The first-order valence-electron chi connectivity index (χ1n) is 5.52.